The Bertz CT molecular complexity index is 1090. The molecule has 0 saturated carbocycles. The van der Waals surface area contributed by atoms with E-state index in [-0.39, 0.29) is 17.2 Å². The van der Waals surface area contributed by atoms with Crippen molar-refractivity contribution in [2.75, 3.05) is 6.61 Å². The maximum atomic E-state index is 9.94. The van der Waals surface area contributed by atoms with Gasteiger partial charge in [-0.2, -0.15) is 5.26 Å². The lowest BCUT2D eigenvalue weighted by Gasteiger charge is -2.24. The molecule has 0 radical (unpaired) electrons. The Hall–Kier alpha value is -3.92. The first-order chi connectivity index (χ1) is 13.6. The van der Waals surface area contributed by atoms with E-state index in [0.29, 0.717) is 23.7 Å². The summed E-state index contributed by atoms with van der Waals surface area (Å²) in [6.45, 7) is 2.51. The van der Waals surface area contributed by atoms with E-state index in [1.807, 2.05) is 37.3 Å². The molecule has 0 spiro atoms. The quantitative estimate of drug-likeness (QED) is 0.644. The molecule has 0 bridgehead atoms. The van der Waals surface area contributed by atoms with Crippen LogP contribution in [0.2, 0.25) is 0 Å². The van der Waals surface area contributed by atoms with E-state index in [0.717, 1.165) is 16.9 Å². The zero-order chi connectivity index (χ0) is 19.7. The summed E-state index contributed by atoms with van der Waals surface area (Å²) in [4.78, 5) is 0. The van der Waals surface area contributed by atoms with Gasteiger partial charge in [0.05, 0.1) is 23.8 Å². The number of nitrogens with one attached hydrogen (secondary N) is 1. The smallest absolute Gasteiger partial charge is 0.244 e. The van der Waals surface area contributed by atoms with E-state index in [2.05, 4.69) is 16.3 Å². The van der Waals surface area contributed by atoms with Crippen LogP contribution >= 0.6 is 0 Å². The highest BCUT2D eigenvalue weighted by Gasteiger charge is 2.35. The van der Waals surface area contributed by atoms with Crippen LogP contribution in [-0.4, -0.2) is 21.9 Å². The molecule has 2 aromatic carbocycles. The number of rotatable bonds is 4. The van der Waals surface area contributed by atoms with Gasteiger partial charge in [-0.3, -0.25) is 5.10 Å². The van der Waals surface area contributed by atoms with Crippen LogP contribution in [0.3, 0.4) is 0 Å². The van der Waals surface area contributed by atoms with Gasteiger partial charge in [0, 0.05) is 5.56 Å². The molecule has 7 heteroatoms. The molecule has 1 aliphatic rings. The Kier molecular flexibility index (Phi) is 4.38. The Morgan fingerprint density at radius 2 is 2.07 bits per heavy atom. The molecule has 0 saturated heterocycles. The number of hydrogen-bond donors (Lipinski definition) is 3. The highest BCUT2D eigenvalue weighted by atomic mass is 16.5. The van der Waals surface area contributed by atoms with Crippen molar-refractivity contribution in [1.29, 1.82) is 5.26 Å². The van der Waals surface area contributed by atoms with Crippen molar-refractivity contribution in [3.8, 4) is 34.7 Å². The van der Waals surface area contributed by atoms with Crippen LogP contribution in [0.4, 0.5) is 0 Å². The molecular weight excluding hydrogens is 356 g/mol. The van der Waals surface area contributed by atoms with Crippen LogP contribution in [0.15, 0.2) is 60.0 Å². The Labute approximate surface area is 161 Å². The largest absolute Gasteiger partial charge is 0.508 e. The molecule has 2 heterocycles. The summed E-state index contributed by atoms with van der Waals surface area (Å²) in [6, 6.07) is 16.4. The van der Waals surface area contributed by atoms with Gasteiger partial charge in [0.25, 0.3) is 0 Å². The lowest BCUT2D eigenvalue weighted by Crippen LogP contribution is -2.20. The zero-order valence-electron chi connectivity index (χ0n) is 15.1. The number of nitrogens with two attached hydrogens (primary N) is 1. The lowest BCUT2D eigenvalue weighted by molar-refractivity contribution is 0.340. The van der Waals surface area contributed by atoms with Crippen molar-refractivity contribution in [2.24, 2.45) is 5.73 Å². The van der Waals surface area contributed by atoms with Gasteiger partial charge >= 0.3 is 0 Å². The van der Waals surface area contributed by atoms with Crippen LogP contribution < -0.4 is 15.2 Å². The summed E-state index contributed by atoms with van der Waals surface area (Å²) >= 11 is 0. The molecule has 4 N–H and O–H groups in total. The molecular formula is C21H18N4O3. The SMILES string of the molecule is CCOc1ccc(-c2[nH]nc3c2[C@H](c2cccc(O)c2)C(C#N)=C(N)O3)cc1. The fourth-order valence-corrected chi connectivity index (χ4v) is 3.39. The number of aromatic nitrogens is 2. The fraction of sp³-hybridized carbons (Fsp3) is 0.143. The first-order valence-electron chi connectivity index (χ1n) is 8.80. The minimum atomic E-state index is -0.513. The number of aromatic amines is 1. The highest BCUT2D eigenvalue weighted by Crippen LogP contribution is 2.46. The van der Waals surface area contributed by atoms with E-state index in [4.69, 9.17) is 15.2 Å². The third-order valence-corrected chi connectivity index (χ3v) is 4.60. The minimum Gasteiger partial charge on any atom is -0.508 e. The molecule has 140 valence electrons. The summed E-state index contributed by atoms with van der Waals surface area (Å²) in [7, 11) is 0. The third kappa shape index (κ3) is 2.91. The van der Waals surface area contributed by atoms with E-state index < -0.39 is 5.92 Å². The molecule has 7 nitrogen and oxygen atoms in total. The number of nitrogens with zero attached hydrogens (tertiary/aromatic N) is 2. The fourth-order valence-electron chi connectivity index (χ4n) is 3.39. The first kappa shape index (κ1) is 17.5. The maximum Gasteiger partial charge on any atom is 0.244 e. The second-order valence-corrected chi connectivity index (χ2v) is 6.29. The Morgan fingerprint density at radius 3 is 2.75 bits per heavy atom. The average Bonchev–Trinajstić information content (AvgIpc) is 3.11. The number of allylic oxidation sites excluding steroid dienone is 1. The van der Waals surface area contributed by atoms with E-state index in [1.54, 1.807) is 18.2 Å². The van der Waals surface area contributed by atoms with Gasteiger partial charge in [-0.15, -0.1) is 5.10 Å². The van der Waals surface area contributed by atoms with Crippen molar-refractivity contribution in [3.63, 3.8) is 0 Å². The third-order valence-electron chi connectivity index (χ3n) is 4.60. The van der Waals surface area contributed by atoms with Crippen molar-refractivity contribution in [3.05, 3.63) is 71.1 Å². The van der Waals surface area contributed by atoms with Gasteiger partial charge in [0.1, 0.15) is 23.1 Å². The van der Waals surface area contributed by atoms with Gasteiger partial charge in [0.2, 0.25) is 11.8 Å². The number of H-pyrrole nitrogens is 1. The van der Waals surface area contributed by atoms with Crippen molar-refractivity contribution >= 4 is 0 Å². The van der Waals surface area contributed by atoms with Gasteiger partial charge in [-0.1, -0.05) is 12.1 Å². The summed E-state index contributed by atoms with van der Waals surface area (Å²) < 4.78 is 11.1. The molecule has 1 aromatic heterocycles. The topological polar surface area (TPSA) is 117 Å². The van der Waals surface area contributed by atoms with Crippen molar-refractivity contribution < 1.29 is 14.6 Å². The predicted molar refractivity (Wildman–Crippen MR) is 103 cm³/mol. The summed E-state index contributed by atoms with van der Waals surface area (Å²) in [5, 5.41) is 26.9. The van der Waals surface area contributed by atoms with Gasteiger partial charge in [-0.25, -0.2) is 0 Å². The minimum absolute atomic E-state index is 0.00749. The normalized spacial score (nSPS) is 15.5. The summed E-state index contributed by atoms with van der Waals surface area (Å²) in [5.74, 6) is 0.678. The second-order valence-electron chi connectivity index (χ2n) is 6.29. The zero-order valence-corrected chi connectivity index (χ0v) is 15.1. The lowest BCUT2D eigenvalue weighted by atomic mass is 9.83. The first-order valence-corrected chi connectivity index (χ1v) is 8.80. The number of phenols is 1. The standard InChI is InChI=1S/C21H18N4O3/c1-2-27-15-8-6-12(7-9-15)19-18-17(13-4-3-5-14(26)10-13)16(11-22)20(23)28-21(18)25-24-19/h3-10,17,26H,2,23H2,1H3,(H,24,25)/t17-/m1/s1. The summed E-state index contributed by atoms with van der Waals surface area (Å²) in [5.41, 5.74) is 9.24. The second kappa shape index (κ2) is 7.00. The van der Waals surface area contributed by atoms with Crippen LogP contribution in [0, 0.1) is 11.3 Å². The van der Waals surface area contributed by atoms with E-state index >= 15 is 0 Å². The molecule has 0 aliphatic carbocycles. The van der Waals surface area contributed by atoms with Crippen LogP contribution in [0.5, 0.6) is 17.4 Å². The molecule has 1 atom stereocenters. The summed E-state index contributed by atoms with van der Waals surface area (Å²) in [6.07, 6.45) is 0. The average molecular weight is 374 g/mol. The number of fused-ring (bicyclic) bond motifs is 1. The number of hydrogen-bond acceptors (Lipinski definition) is 6. The number of nitriles is 1. The van der Waals surface area contributed by atoms with Gasteiger partial charge in [-0.05, 0) is 48.9 Å². The van der Waals surface area contributed by atoms with Crippen molar-refractivity contribution in [2.45, 2.75) is 12.8 Å². The number of benzene rings is 2. The molecule has 0 fully saturated rings. The van der Waals surface area contributed by atoms with E-state index in [9.17, 15) is 10.4 Å². The number of aromatic hydroxyl groups is 1. The van der Waals surface area contributed by atoms with Gasteiger partial charge in [0.15, 0.2) is 0 Å². The maximum absolute atomic E-state index is 9.94. The number of ether oxygens (including phenoxy) is 2. The molecule has 4 rings (SSSR count). The highest BCUT2D eigenvalue weighted by molar-refractivity contribution is 5.71. The van der Waals surface area contributed by atoms with E-state index in [1.165, 1.54) is 0 Å². The van der Waals surface area contributed by atoms with Crippen LogP contribution in [0.1, 0.15) is 24.0 Å². The molecule has 3 aromatic rings. The molecule has 0 amide bonds. The molecule has 28 heavy (non-hydrogen) atoms. The number of phenolic OH excluding ortho intramolecular Hbond substituents is 1. The molecule has 0 unspecified atom stereocenters. The predicted octanol–water partition coefficient (Wildman–Crippen LogP) is 3.40. The van der Waals surface area contributed by atoms with Crippen LogP contribution in [-0.2, 0) is 0 Å². The monoisotopic (exact) mass is 374 g/mol. The Balaban J connectivity index is 1.87. The van der Waals surface area contributed by atoms with Crippen LogP contribution in [0.25, 0.3) is 11.3 Å². The van der Waals surface area contributed by atoms with Gasteiger partial charge < -0.3 is 20.3 Å². The Morgan fingerprint density at radius 1 is 1.29 bits per heavy atom. The molecule has 1 aliphatic heterocycles. The van der Waals surface area contributed by atoms with Crippen molar-refractivity contribution in [1.82, 2.24) is 10.2 Å².